The highest BCUT2D eigenvalue weighted by Crippen LogP contribution is 2.51. The molecule has 8 aromatic carbocycles. The van der Waals surface area contributed by atoms with Crippen LogP contribution in [-0.2, 0) is 0 Å². The second kappa shape index (κ2) is 12.0. The summed E-state index contributed by atoms with van der Waals surface area (Å²) in [4.78, 5) is 0. The Bertz CT molecular complexity index is 3470. The highest BCUT2D eigenvalue weighted by atomic mass is 16.5. The number of para-hydroxylation sites is 5. The second-order valence-electron chi connectivity index (χ2n) is 15.5. The van der Waals surface area contributed by atoms with E-state index in [0.29, 0.717) is 0 Å². The first-order valence-corrected chi connectivity index (χ1v) is 20.0. The fourth-order valence-corrected chi connectivity index (χ4v) is 9.95. The maximum atomic E-state index is 6.91. The fourth-order valence-electron chi connectivity index (χ4n) is 9.95. The van der Waals surface area contributed by atoms with Crippen molar-refractivity contribution in [3.05, 3.63) is 200 Å². The van der Waals surface area contributed by atoms with Gasteiger partial charge in [-0.3, -0.25) is 0 Å². The molecule has 0 radical (unpaired) electrons. The van der Waals surface area contributed by atoms with Crippen LogP contribution in [0.15, 0.2) is 199 Å². The molecule has 0 N–H and O–H groups in total. The van der Waals surface area contributed by atoms with E-state index in [1.54, 1.807) is 0 Å². The molecule has 272 valence electrons. The number of furan rings is 1. The van der Waals surface area contributed by atoms with Gasteiger partial charge in [0.25, 0.3) is 0 Å². The molecule has 2 aliphatic rings. The third kappa shape index (κ3) is 4.40. The smallest absolute Gasteiger partial charge is 0.143 e. The van der Waals surface area contributed by atoms with Crippen LogP contribution < -0.4 is 4.74 Å². The van der Waals surface area contributed by atoms with Crippen LogP contribution in [0.1, 0.15) is 11.5 Å². The summed E-state index contributed by atoms with van der Waals surface area (Å²) < 4.78 is 18.6. The predicted molar refractivity (Wildman–Crippen MR) is 239 cm³/mol. The van der Waals surface area contributed by atoms with Crippen molar-refractivity contribution in [2.24, 2.45) is 0 Å². The quantitative estimate of drug-likeness (QED) is 0.180. The van der Waals surface area contributed by atoms with Gasteiger partial charge in [-0.15, -0.1) is 0 Å². The Labute approximate surface area is 333 Å². The van der Waals surface area contributed by atoms with Gasteiger partial charge in [0.05, 0.1) is 22.1 Å². The third-order valence-electron chi connectivity index (χ3n) is 12.5. The van der Waals surface area contributed by atoms with Gasteiger partial charge < -0.3 is 18.3 Å². The molecule has 1 aliphatic heterocycles. The third-order valence-corrected chi connectivity index (χ3v) is 12.5. The van der Waals surface area contributed by atoms with Crippen LogP contribution in [0.4, 0.5) is 0 Å². The molecule has 0 bridgehead atoms. The normalized spacial score (nSPS) is 15.9. The van der Waals surface area contributed by atoms with E-state index in [-0.39, 0.29) is 12.0 Å². The van der Waals surface area contributed by atoms with Gasteiger partial charge >= 0.3 is 0 Å². The lowest BCUT2D eigenvalue weighted by Gasteiger charge is -2.17. The number of hydrogen-bond acceptors (Lipinski definition) is 2. The molecule has 58 heavy (non-hydrogen) atoms. The summed E-state index contributed by atoms with van der Waals surface area (Å²) in [7, 11) is 0. The maximum absolute atomic E-state index is 6.91. The van der Waals surface area contributed by atoms with Crippen LogP contribution in [0.5, 0.6) is 5.75 Å². The monoisotopic (exact) mass is 742 g/mol. The van der Waals surface area contributed by atoms with Gasteiger partial charge in [-0.1, -0.05) is 133 Å². The van der Waals surface area contributed by atoms with Crippen molar-refractivity contribution < 1.29 is 9.15 Å². The summed E-state index contributed by atoms with van der Waals surface area (Å²) in [5.74, 6) is 1.07. The lowest BCUT2D eigenvalue weighted by Crippen LogP contribution is -2.15. The number of nitrogens with zero attached hydrogens (tertiary/aromatic N) is 2. The van der Waals surface area contributed by atoms with Gasteiger partial charge in [0.2, 0.25) is 0 Å². The topological polar surface area (TPSA) is 32.2 Å². The minimum Gasteiger partial charge on any atom is -0.484 e. The molecule has 2 atom stereocenters. The van der Waals surface area contributed by atoms with Crippen molar-refractivity contribution >= 4 is 65.6 Å². The van der Waals surface area contributed by atoms with Crippen LogP contribution in [0, 0.1) is 0 Å². The van der Waals surface area contributed by atoms with Gasteiger partial charge in [-0.2, -0.15) is 0 Å². The Morgan fingerprint density at radius 1 is 0.397 bits per heavy atom. The standard InChI is InChI=1S/C54H34N2O2/c1-2-15-36(45-31-34(32-46-41-20-7-12-27-51(41)57-54(45)46)56-49-25-10-5-18-39(49)40-19-6-11-26-50(40)56)35(14-1)42-21-13-22-43-44-30-33(28-29-52(44)58-53(42)43)55-47-23-8-3-16-37(47)38-17-4-9-24-48(38)55/h1-32,41,51H. The minimum atomic E-state index is -0.0538. The van der Waals surface area contributed by atoms with Crippen molar-refractivity contribution in [2.75, 3.05) is 0 Å². The zero-order valence-electron chi connectivity index (χ0n) is 31.3. The van der Waals surface area contributed by atoms with E-state index in [2.05, 4.69) is 203 Å². The number of allylic oxidation sites excluding steroid dienone is 2. The van der Waals surface area contributed by atoms with Gasteiger partial charge in [0, 0.05) is 66.3 Å². The zero-order valence-corrected chi connectivity index (χ0v) is 31.3. The van der Waals surface area contributed by atoms with E-state index < -0.39 is 0 Å². The van der Waals surface area contributed by atoms with Crippen molar-refractivity contribution in [1.29, 1.82) is 0 Å². The molecule has 3 aromatic heterocycles. The van der Waals surface area contributed by atoms with Crippen LogP contribution in [0.2, 0.25) is 0 Å². The molecule has 0 spiro atoms. The first kappa shape index (κ1) is 31.6. The number of aromatic nitrogens is 2. The second-order valence-corrected chi connectivity index (χ2v) is 15.5. The number of ether oxygens (including phenoxy) is 1. The van der Waals surface area contributed by atoms with Crippen LogP contribution in [0.25, 0.3) is 99.2 Å². The van der Waals surface area contributed by atoms with Gasteiger partial charge in [-0.05, 0) is 71.8 Å². The Hall–Kier alpha value is -7.56. The lowest BCUT2D eigenvalue weighted by molar-refractivity contribution is 0.270. The van der Waals surface area contributed by atoms with Crippen molar-refractivity contribution in [1.82, 2.24) is 9.13 Å². The largest absolute Gasteiger partial charge is 0.484 e. The number of benzene rings is 8. The Balaban J connectivity index is 1.03. The van der Waals surface area contributed by atoms with Gasteiger partial charge in [-0.25, -0.2) is 0 Å². The molecular weight excluding hydrogens is 709 g/mol. The highest BCUT2D eigenvalue weighted by Gasteiger charge is 2.35. The summed E-state index contributed by atoms with van der Waals surface area (Å²) in [5, 5.41) is 7.16. The van der Waals surface area contributed by atoms with E-state index in [0.717, 1.165) is 61.3 Å². The fraction of sp³-hybridized carbons (Fsp3) is 0.0370. The summed E-state index contributed by atoms with van der Waals surface area (Å²) in [6.07, 6.45) is 8.66. The van der Waals surface area contributed by atoms with Crippen molar-refractivity contribution in [3.63, 3.8) is 0 Å². The molecule has 11 aromatic rings. The summed E-state index contributed by atoms with van der Waals surface area (Å²) in [6.45, 7) is 0. The van der Waals surface area contributed by atoms with E-state index in [1.165, 1.54) is 49.2 Å². The lowest BCUT2D eigenvalue weighted by atomic mass is 9.87. The molecule has 13 rings (SSSR count). The molecule has 0 fully saturated rings. The van der Waals surface area contributed by atoms with Crippen LogP contribution in [-0.4, -0.2) is 15.2 Å². The summed E-state index contributed by atoms with van der Waals surface area (Å²) in [6, 6.07) is 61.3. The van der Waals surface area contributed by atoms with E-state index in [4.69, 9.17) is 9.15 Å². The van der Waals surface area contributed by atoms with Crippen LogP contribution >= 0.6 is 0 Å². The number of rotatable bonds is 4. The molecule has 4 heterocycles. The number of hydrogen-bond donors (Lipinski definition) is 0. The molecule has 0 saturated heterocycles. The molecule has 1 aliphatic carbocycles. The first-order valence-electron chi connectivity index (χ1n) is 20.0. The SMILES string of the molecule is C1=CC2Oc3c(-c4ccccc4-c4cccc5c4oc4ccc(-n6c7ccccc7c7ccccc76)cc45)cc(-n4c5ccccc5c5ccccc54)cc3C2C=C1. The first-order chi connectivity index (χ1) is 28.8. The van der Waals surface area contributed by atoms with Crippen molar-refractivity contribution in [3.8, 4) is 39.4 Å². The molecular formula is C54H34N2O2. The van der Waals surface area contributed by atoms with E-state index in [9.17, 15) is 0 Å². The van der Waals surface area contributed by atoms with Gasteiger partial charge in [0.1, 0.15) is 23.0 Å². The average molecular weight is 743 g/mol. The molecule has 4 heteroatoms. The highest BCUT2D eigenvalue weighted by molar-refractivity contribution is 6.13. The molecule has 0 saturated carbocycles. The van der Waals surface area contributed by atoms with Gasteiger partial charge in [0.15, 0.2) is 0 Å². The predicted octanol–water partition coefficient (Wildman–Crippen LogP) is 14.1. The van der Waals surface area contributed by atoms with Crippen molar-refractivity contribution in [2.45, 2.75) is 12.0 Å². The summed E-state index contributed by atoms with van der Waals surface area (Å²) in [5.41, 5.74) is 14.2. The summed E-state index contributed by atoms with van der Waals surface area (Å²) >= 11 is 0. The minimum absolute atomic E-state index is 0.0538. The van der Waals surface area contributed by atoms with Crippen LogP contribution in [0.3, 0.4) is 0 Å². The molecule has 4 nitrogen and oxygen atoms in total. The maximum Gasteiger partial charge on any atom is 0.143 e. The molecule has 0 amide bonds. The average Bonchev–Trinajstić information content (AvgIpc) is 4.04. The Morgan fingerprint density at radius 2 is 0.931 bits per heavy atom. The Morgan fingerprint density at radius 3 is 1.59 bits per heavy atom. The van der Waals surface area contributed by atoms with E-state index in [1.807, 2.05) is 0 Å². The Kier molecular flexibility index (Phi) is 6.53. The molecule has 2 unspecified atom stereocenters. The van der Waals surface area contributed by atoms with E-state index >= 15 is 0 Å². The zero-order chi connectivity index (χ0) is 37.9. The number of fused-ring (bicyclic) bond motifs is 12.